The van der Waals surface area contributed by atoms with Crippen molar-refractivity contribution in [3.8, 4) is 0 Å². The molecule has 1 aromatic carbocycles. The van der Waals surface area contributed by atoms with Crippen molar-refractivity contribution in [2.24, 2.45) is 5.41 Å². The second kappa shape index (κ2) is 7.70. The molecule has 132 valence electrons. The summed E-state index contributed by atoms with van der Waals surface area (Å²) < 4.78 is 13.9. The summed E-state index contributed by atoms with van der Waals surface area (Å²) in [6.45, 7) is 4.45. The molecule has 4 nitrogen and oxygen atoms in total. The van der Waals surface area contributed by atoms with Crippen molar-refractivity contribution >= 4 is 35.0 Å². The molecule has 0 unspecified atom stereocenters. The van der Waals surface area contributed by atoms with E-state index in [-0.39, 0.29) is 28.4 Å². The topological polar surface area (TPSA) is 49.4 Å². The van der Waals surface area contributed by atoms with Gasteiger partial charge in [-0.25, -0.2) is 4.39 Å². The van der Waals surface area contributed by atoms with E-state index >= 15 is 0 Å². The fourth-order valence-electron chi connectivity index (χ4n) is 2.53. The van der Waals surface area contributed by atoms with Gasteiger partial charge in [-0.1, -0.05) is 17.7 Å². The van der Waals surface area contributed by atoms with Gasteiger partial charge >= 0.3 is 0 Å². The number of piperidine rings is 1. The summed E-state index contributed by atoms with van der Waals surface area (Å²) in [6.07, 6.45) is 1.23. The van der Waals surface area contributed by atoms with Crippen molar-refractivity contribution < 1.29 is 14.0 Å². The third kappa shape index (κ3) is 4.19. The number of carbonyl (C=O) groups is 2. The van der Waals surface area contributed by atoms with Crippen LogP contribution in [0, 0.1) is 11.2 Å². The molecule has 1 saturated heterocycles. The molecule has 2 rings (SSSR count). The first-order valence-electron chi connectivity index (χ1n) is 7.86. The third-order valence-electron chi connectivity index (χ3n) is 4.24. The second-order valence-electron chi connectivity index (χ2n) is 6.65. The van der Waals surface area contributed by atoms with E-state index in [1.54, 1.807) is 18.7 Å². The summed E-state index contributed by atoms with van der Waals surface area (Å²) in [5.74, 6) is -0.891. The van der Waals surface area contributed by atoms with Crippen LogP contribution in [-0.4, -0.2) is 41.7 Å². The van der Waals surface area contributed by atoms with Crippen molar-refractivity contribution in [1.29, 1.82) is 0 Å². The predicted octanol–water partition coefficient (Wildman–Crippen LogP) is 3.46. The minimum Gasteiger partial charge on any atom is -0.353 e. The number of benzene rings is 1. The summed E-state index contributed by atoms with van der Waals surface area (Å²) >= 11 is 11.8. The van der Waals surface area contributed by atoms with Gasteiger partial charge in [0.15, 0.2) is 0 Å². The maximum atomic E-state index is 13.9. The lowest BCUT2D eigenvalue weighted by atomic mass is 9.93. The minimum absolute atomic E-state index is 0.0138. The number of likely N-dealkylation sites (tertiary alicyclic amines) is 1. The van der Waals surface area contributed by atoms with Gasteiger partial charge < -0.3 is 10.2 Å². The summed E-state index contributed by atoms with van der Waals surface area (Å²) in [5.41, 5.74) is -0.722. The van der Waals surface area contributed by atoms with E-state index in [1.165, 1.54) is 18.2 Å². The van der Waals surface area contributed by atoms with Crippen molar-refractivity contribution in [3.63, 3.8) is 0 Å². The Bertz CT molecular complexity index is 609. The quantitative estimate of drug-likeness (QED) is 0.820. The number of hydrogen-bond acceptors (Lipinski definition) is 2. The molecule has 0 aromatic heterocycles. The molecule has 24 heavy (non-hydrogen) atoms. The molecule has 0 saturated carbocycles. The van der Waals surface area contributed by atoms with Crippen molar-refractivity contribution in [2.75, 3.05) is 19.0 Å². The Labute approximate surface area is 151 Å². The monoisotopic (exact) mass is 374 g/mol. The molecule has 0 radical (unpaired) electrons. The number of halogens is 3. The first kappa shape index (κ1) is 19.0. The average molecular weight is 375 g/mol. The maximum Gasteiger partial charge on any atom is 0.258 e. The Morgan fingerprint density at radius 2 is 1.96 bits per heavy atom. The molecular weight excluding hydrogens is 354 g/mol. The van der Waals surface area contributed by atoms with Gasteiger partial charge in [0.25, 0.3) is 5.91 Å². The zero-order chi connectivity index (χ0) is 17.9. The van der Waals surface area contributed by atoms with Crippen LogP contribution in [0.1, 0.15) is 37.0 Å². The van der Waals surface area contributed by atoms with E-state index < -0.39 is 17.1 Å². The molecule has 0 atom stereocenters. The highest BCUT2D eigenvalue weighted by molar-refractivity contribution is 6.33. The highest BCUT2D eigenvalue weighted by atomic mass is 35.5. The number of carbonyl (C=O) groups excluding carboxylic acids is 2. The maximum absolute atomic E-state index is 13.9. The molecule has 1 N–H and O–H groups in total. The van der Waals surface area contributed by atoms with Gasteiger partial charge in [-0.3, -0.25) is 9.59 Å². The first-order chi connectivity index (χ1) is 11.3. The summed E-state index contributed by atoms with van der Waals surface area (Å²) in [6, 6.07) is 4.17. The number of nitrogens with zero attached hydrogens (tertiary/aromatic N) is 1. The van der Waals surface area contributed by atoms with Crippen LogP contribution >= 0.6 is 23.2 Å². The van der Waals surface area contributed by atoms with Gasteiger partial charge in [0, 0.05) is 25.0 Å². The predicted molar refractivity (Wildman–Crippen MR) is 93.0 cm³/mol. The van der Waals surface area contributed by atoms with Gasteiger partial charge in [-0.2, -0.15) is 0 Å². The normalized spacial score (nSPS) is 16.1. The molecule has 1 aliphatic rings. The summed E-state index contributed by atoms with van der Waals surface area (Å²) in [7, 11) is 0. The molecular formula is C17H21Cl2FN2O2. The zero-order valence-electron chi connectivity index (χ0n) is 13.7. The fraction of sp³-hybridized carbons (Fsp3) is 0.529. The third-order valence-corrected chi connectivity index (χ3v) is 5.23. The Balaban J connectivity index is 1.96. The molecule has 1 aliphatic heterocycles. The molecule has 2 amide bonds. The number of amides is 2. The Morgan fingerprint density at radius 3 is 2.50 bits per heavy atom. The Kier molecular flexibility index (Phi) is 6.10. The number of hydrogen-bond donors (Lipinski definition) is 1. The Hall–Kier alpha value is -1.33. The van der Waals surface area contributed by atoms with E-state index in [1.807, 2.05) is 0 Å². The molecule has 0 bridgehead atoms. The Morgan fingerprint density at radius 1 is 1.33 bits per heavy atom. The molecule has 0 spiro atoms. The standard InChI is InChI=1S/C17H21Cl2FN2O2/c1-17(2,10-18)16(24)21-11-6-8-22(9-7-11)15(23)14-12(19)4-3-5-13(14)20/h3-5,11H,6-10H2,1-2H3,(H,21,24). The molecule has 1 heterocycles. The van der Waals surface area contributed by atoms with Crippen LogP contribution < -0.4 is 5.32 Å². The van der Waals surface area contributed by atoms with E-state index in [4.69, 9.17) is 23.2 Å². The molecule has 1 fully saturated rings. The van der Waals surface area contributed by atoms with Gasteiger partial charge in [0.2, 0.25) is 5.91 Å². The number of nitrogens with one attached hydrogen (secondary N) is 1. The van der Waals surface area contributed by atoms with Crippen LogP contribution in [-0.2, 0) is 4.79 Å². The number of alkyl halides is 1. The van der Waals surface area contributed by atoms with Crippen LogP contribution in [0.2, 0.25) is 5.02 Å². The van der Waals surface area contributed by atoms with Crippen LogP contribution in [0.3, 0.4) is 0 Å². The average Bonchev–Trinajstić information content (AvgIpc) is 2.55. The molecule has 0 aliphatic carbocycles. The lowest BCUT2D eigenvalue weighted by Gasteiger charge is -2.34. The number of rotatable bonds is 4. The van der Waals surface area contributed by atoms with Gasteiger partial charge in [0.1, 0.15) is 5.82 Å². The molecule has 1 aromatic rings. The molecule has 7 heteroatoms. The van der Waals surface area contributed by atoms with E-state index in [9.17, 15) is 14.0 Å². The minimum atomic E-state index is -0.630. The highest BCUT2D eigenvalue weighted by Crippen LogP contribution is 2.23. The van der Waals surface area contributed by atoms with Crippen LogP contribution in [0.5, 0.6) is 0 Å². The summed E-state index contributed by atoms with van der Waals surface area (Å²) in [5, 5.41) is 3.08. The second-order valence-corrected chi connectivity index (χ2v) is 7.33. The van der Waals surface area contributed by atoms with E-state index in [2.05, 4.69) is 5.32 Å². The SMILES string of the molecule is CC(C)(CCl)C(=O)NC1CCN(C(=O)c2c(F)cccc2Cl)CC1. The van der Waals surface area contributed by atoms with Crippen LogP contribution in [0.25, 0.3) is 0 Å². The van der Waals surface area contributed by atoms with Crippen LogP contribution in [0.4, 0.5) is 4.39 Å². The summed E-state index contributed by atoms with van der Waals surface area (Å²) in [4.78, 5) is 26.2. The van der Waals surface area contributed by atoms with Gasteiger partial charge in [0.05, 0.1) is 16.0 Å². The van der Waals surface area contributed by atoms with Crippen molar-refractivity contribution in [1.82, 2.24) is 10.2 Å². The lowest BCUT2D eigenvalue weighted by Crippen LogP contribution is -2.50. The highest BCUT2D eigenvalue weighted by Gasteiger charge is 2.31. The zero-order valence-corrected chi connectivity index (χ0v) is 15.3. The van der Waals surface area contributed by atoms with Gasteiger partial charge in [-0.05, 0) is 38.8 Å². The van der Waals surface area contributed by atoms with Gasteiger partial charge in [-0.15, -0.1) is 11.6 Å². The van der Waals surface area contributed by atoms with E-state index in [0.717, 1.165) is 0 Å². The lowest BCUT2D eigenvalue weighted by molar-refractivity contribution is -0.129. The largest absolute Gasteiger partial charge is 0.353 e. The van der Waals surface area contributed by atoms with Crippen molar-refractivity contribution in [3.05, 3.63) is 34.6 Å². The van der Waals surface area contributed by atoms with E-state index in [0.29, 0.717) is 25.9 Å². The smallest absolute Gasteiger partial charge is 0.258 e. The van der Waals surface area contributed by atoms with Crippen LogP contribution in [0.15, 0.2) is 18.2 Å². The fourth-order valence-corrected chi connectivity index (χ4v) is 2.89. The first-order valence-corrected chi connectivity index (χ1v) is 8.77. The van der Waals surface area contributed by atoms with Crippen molar-refractivity contribution in [2.45, 2.75) is 32.7 Å².